The first-order chi connectivity index (χ1) is 19.0. The van der Waals surface area contributed by atoms with E-state index in [1.807, 2.05) is 43.3 Å². The van der Waals surface area contributed by atoms with Crippen molar-refractivity contribution < 1.29 is 14.3 Å². The molecule has 12 heteroatoms. The van der Waals surface area contributed by atoms with Crippen molar-refractivity contribution in [1.29, 1.82) is 5.41 Å². The highest BCUT2D eigenvalue weighted by Gasteiger charge is 2.30. The molecule has 5 rings (SSSR count). The summed E-state index contributed by atoms with van der Waals surface area (Å²) in [7, 11) is 3.88. The van der Waals surface area contributed by atoms with Crippen molar-refractivity contribution in [1.82, 2.24) is 16.0 Å². The number of hydrogen-bond donors (Lipinski definition) is 5. The Kier molecular flexibility index (Phi) is 6.92. The molecule has 0 aromatic heterocycles. The summed E-state index contributed by atoms with van der Waals surface area (Å²) in [6.07, 6.45) is 0. The van der Waals surface area contributed by atoms with Crippen LogP contribution < -0.4 is 36.1 Å². The molecule has 40 heavy (non-hydrogen) atoms. The highest BCUT2D eigenvalue weighted by atomic mass is 16.5. The van der Waals surface area contributed by atoms with E-state index in [0.29, 0.717) is 35.1 Å². The fourth-order valence-corrected chi connectivity index (χ4v) is 4.36. The van der Waals surface area contributed by atoms with Crippen LogP contribution in [0.25, 0.3) is 0 Å². The Morgan fingerprint density at radius 2 is 1.85 bits per heavy atom. The Labute approximate surface area is 232 Å². The molecule has 12 nitrogen and oxygen atoms in total. The van der Waals surface area contributed by atoms with Crippen LogP contribution in [-0.4, -0.2) is 63.2 Å². The molecular formula is C28H33N9O3. The Bertz CT molecular complexity index is 1510. The standard InChI is InChI=1S/C28H33N9O3/c1-28(2,3)19-7-6-15(23(29)30)12-20(19)40-27-35-25-22(34-21(38)14-33-25)26(36-27)39-18-11-16(24-31-8-9-32-24)10-17(13-18)37(4)5/h6-7,10-13H,8-9,14H2,1-5H3,(H3,29,30)(H,31,32)(H,34,38)(H,33,35,36). The summed E-state index contributed by atoms with van der Waals surface area (Å²) < 4.78 is 12.6. The van der Waals surface area contributed by atoms with Gasteiger partial charge >= 0.3 is 6.02 Å². The predicted octanol–water partition coefficient (Wildman–Crippen LogP) is 1.80. The number of amidine groups is 4. The smallest absolute Gasteiger partial charge is 0.304 e. The van der Waals surface area contributed by atoms with E-state index in [-0.39, 0.29) is 35.6 Å². The molecule has 0 atom stereocenters. The van der Waals surface area contributed by atoms with Crippen LogP contribution in [0.4, 0.5) is 5.69 Å². The molecular weight excluding hydrogens is 510 g/mol. The van der Waals surface area contributed by atoms with Crippen LogP contribution in [0, 0.1) is 5.41 Å². The number of carbonyl (C=O) groups excluding carboxylic acids is 1. The number of fused-ring (bicyclic) bond motifs is 1. The number of nitrogen functional groups attached to an aromatic ring is 1. The molecule has 208 valence electrons. The molecule has 2 aromatic carbocycles. The second kappa shape index (κ2) is 10.4. The van der Waals surface area contributed by atoms with Crippen molar-refractivity contribution in [3.05, 3.63) is 64.7 Å². The van der Waals surface area contributed by atoms with Gasteiger partial charge in [0.1, 0.15) is 35.4 Å². The van der Waals surface area contributed by atoms with E-state index in [9.17, 15) is 4.79 Å². The second-order valence-electron chi connectivity index (χ2n) is 10.8. The summed E-state index contributed by atoms with van der Waals surface area (Å²) >= 11 is 0. The lowest BCUT2D eigenvalue weighted by molar-refractivity contribution is -0.119. The van der Waals surface area contributed by atoms with Crippen molar-refractivity contribution in [2.45, 2.75) is 26.2 Å². The Hall–Kier alpha value is -4.87. The van der Waals surface area contributed by atoms with Gasteiger partial charge in [-0.1, -0.05) is 32.9 Å². The first kappa shape index (κ1) is 26.7. The molecule has 0 saturated heterocycles. The molecule has 0 bridgehead atoms. The van der Waals surface area contributed by atoms with Crippen molar-refractivity contribution in [3.8, 4) is 11.5 Å². The van der Waals surface area contributed by atoms with E-state index in [0.717, 1.165) is 29.2 Å². The van der Waals surface area contributed by atoms with Crippen molar-refractivity contribution in [2.24, 2.45) is 20.7 Å². The second-order valence-corrected chi connectivity index (χ2v) is 10.8. The van der Waals surface area contributed by atoms with E-state index in [1.54, 1.807) is 12.1 Å². The summed E-state index contributed by atoms with van der Waals surface area (Å²) in [4.78, 5) is 27.7. The van der Waals surface area contributed by atoms with Crippen LogP contribution >= 0.6 is 0 Å². The maximum absolute atomic E-state index is 12.2. The minimum atomic E-state index is -0.280. The normalized spacial score (nSPS) is 16.5. The van der Waals surface area contributed by atoms with Crippen LogP contribution in [0.15, 0.2) is 63.0 Å². The van der Waals surface area contributed by atoms with Gasteiger partial charge in [-0.15, -0.1) is 0 Å². The summed E-state index contributed by atoms with van der Waals surface area (Å²) in [6, 6.07) is 11.3. The molecule has 0 aliphatic carbocycles. The zero-order chi connectivity index (χ0) is 28.6. The fourth-order valence-electron chi connectivity index (χ4n) is 4.36. The SMILES string of the molecule is CN(C)c1cc(OC2=C3NC(=O)CN=C3NC(Oc3cc(C(=N)N)ccc3C(C)(C)C)=N2)cc(C2=NCCN2)c1. The quantitative estimate of drug-likeness (QED) is 0.274. The largest absolute Gasteiger partial charge is 0.437 e. The number of rotatable bonds is 6. The lowest BCUT2D eigenvalue weighted by atomic mass is 9.85. The summed E-state index contributed by atoms with van der Waals surface area (Å²) in [6.45, 7) is 7.61. The van der Waals surface area contributed by atoms with Crippen LogP contribution in [0.2, 0.25) is 0 Å². The predicted molar refractivity (Wildman–Crippen MR) is 156 cm³/mol. The van der Waals surface area contributed by atoms with Gasteiger partial charge in [-0.25, -0.2) is 0 Å². The van der Waals surface area contributed by atoms with Crippen LogP contribution in [0.3, 0.4) is 0 Å². The average molecular weight is 544 g/mol. The number of hydrogen-bond acceptors (Lipinski definition) is 10. The highest BCUT2D eigenvalue weighted by molar-refractivity contribution is 6.13. The first-order valence-electron chi connectivity index (χ1n) is 12.9. The van der Waals surface area contributed by atoms with E-state index in [2.05, 4.69) is 51.7 Å². The number of anilines is 1. The number of amides is 1. The topological polar surface area (TPSA) is 162 Å². The molecule has 0 saturated carbocycles. The number of aliphatic imine (C=N–C) groups is 3. The summed E-state index contributed by atoms with van der Waals surface area (Å²) in [5, 5.41) is 17.0. The van der Waals surface area contributed by atoms with Gasteiger partial charge in [-0.3, -0.25) is 25.5 Å². The van der Waals surface area contributed by atoms with Gasteiger partial charge in [-0.05, 0) is 23.6 Å². The van der Waals surface area contributed by atoms with Gasteiger partial charge in [0.2, 0.25) is 5.91 Å². The average Bonchev–Trinajstić information content (AvgIpc) is 3.43. The molecule has 2 aromatic rings. The lowest BCUT2D eigenvalue weighted by Crippen LogP contribution is -2.48. The Morgan fingerprint density at radius 3 is 2.52 bits per heavy atom. The lowest BCUT2D eigenvalue weighted by Gasteiger charge is -2.27. The zero-order valence-electron chi connectivity index (χ0n) is 23.2. The van der Waals surface area contributed by atoms with Gasteiger partial charge < -0.3 is 30.7 Å². The van der Waals surface area contributed by atoms with E-state index < -0.39 is 0 Å². The van der Waals surface area contributed by atoms with Gasteiger partial charge in [-0.2, -0.15) is 4.99 Å². The van der Waals surface area contributed by atoms with Crippen molar-refractivity contribution in [2.75, 3.05) is 38.6 Å². The third-order valence-electron chi connectivity index (χ3n) is 6.40. The molecule has 6 N–H and O–H groups in total. The van der Waals surface area contributed by atoms with Crippen LogP contribution in [0.5, 0.6) is 11.5 Å². The third-order valence-corrected chi connectivity index (χ3v) is 6.40. The number of nitrogens with two attached hydrogens (primary N) is 1. The molecule has 3 aliphatic rings. The summed E-state index contributed by atoms with van der Waals surface area (Å²) in [5.74, 6) is 1.90. The number of carbonyl (C=O) groups is 1. The zero-order valence-corrected chi connectivity index (χ0v) is 23.2. The van der Waals surface area contributed by atoms with Gasteiger partial charge in [0, 0.05) is 49.1 Å². The Balaban J connectivity index is 1.56. The molecule has 3 heterocycles. The fraction of sp³-hybridized carbons (Fsp3) is 0.321. The van der Waals surface area contributed by atoms with E-state index in [1.165, 1.54) is 0 Å². The van der Waals surface area contributed by atoms with Crippen LogP contribution in [0.1, 0.15) is 37.5 Å². The molecule has 0 radical (unpaired) electrons. The maximum atomic E-state index is 12.2. The number of nitrogens with zero attached hydrogens (tertiary/aromatic N) is 4. The van der Waals surface area contributed by atoms with E-state index in [4.69, 9.17) is 20.6 Å². The molecule has 0 spiro atoms. The van der Waals surface area contributed by atoms with Gasteiger partial charge in [0.25, 0.3) is 5.88 Å². The minimum absolute atomic E-state index is 0.0504. The number of ether oxygens (including phenoxy) is 2. The molecule has 3 aliphatic heterocycles. The van der Waals surface area contributed by atoms with E-state index >= 15 is 0 Å². The molecule has 0 fully saturated rings. The van der Waals surface area contributed by atoms with Gasteiger partial charge in [0.05, 0.1) is 6.54 Å². The Morgan fingerprint density at radius 1 is 1.05 bits per heavy atom. The highest BCUT2D eigenvalue weighted by Crippen LogP contribution is 2.33. The monoisotopic (exact) mass is 543 g/mol. The number of benzene rings is 2. The summed E-state index contributed by atoms with van der Waals surface area (Å²) in [5.41, 5.74) is 8.99. The minimum Gasteiger partial charge on any atom is -0.437 e. The molecule has 0 unspecified atom stereocenters. The third kappa shape index (κ3) is 5.60. The maximum Gasteiger partial charge on any atom is 0.304 e. The number of nitrogens with one attached hydrogen (secondary N) is 4. The first-order valence-corrected chi connectivity index (χ1v) is 12.9. The van der Waals surface area contributed by atoms with Crippen molar-refractivity contribution >= 4 is 35.1 Å². The van der Waals surface area contributed by atoms with Crippen molar-refractivity contribution in [3.63, 3.8) is 0 Å². The van der Waals surface area contributed by atoms with Crippen LogP contribution in [-0.2, 0) is 10.2 Å². The van der Waals surface area contributed by atoms with Gasteiger partial charge in [0.15, 0.2) is 5.84 Å². The molecule has 1 amide bonds.